The minimum absolute atomic E-state index is 0.00211. The first-order valence-corrected chi connectivity index (χ1v) is 8.97. The van der Waals surface area contributed by atoms with E-state index < -0.39 is 0 Å². The second-order valence-corrected chi connectivity index (χ2v) is 7.16. The molecule has 0 bridgehead atoms. The highest BCUT2D eigenvalue weighted by molar-refractivity contribution is 5.75. The number of aromatic nitrogens is 3. The van der Waals surface area contributed by atoms with Gasteiger partial charge in [0.2, 0.25) is 0 Å². The summed E-state index contributed by atoms with van der Waals surface area (Å²) in [7, 11) is 0. The van der Waals surface area contributed by atoms with Gasteiger partial charge in [0.1, 0.15) is 6.26 Å². The van der Waals surface area contributed by atoms with Crippen molar-refractivity contribution >= 4 is 11.0 Å². The Balaban J connectivity index is 1.44. The number of rotatable bonds is 4. The Morgan fingerprint density at radius 1 is 1.28 bits per heavy atom. The van der Waals surface area contributed by atoms with Crippen molar-refractivity contribution in [3.05, 3.63) is 52.6 Å². The van der Waals surface area contributed by atoms with E-state index in [2.05, 4.69) is 28.7 Å². The lowest BCUT2D eigenvalue weighted by molar-refractivity contribution is 0.178. The van der Waals surface area contributed by atoms with Gasteiger partial charge in [0.25, 0.3) is 0 Å². The van der Waals surface area contributed by atoms with Crippen molar-refractivity contribution in [3.63, 3.8) is 0 Å². The van der Waals surface area contributed by atoms with Crippen molar-refractivity contribution in [2.45, 2.75) is 45.2 Å². The predicted molar refractivity (Wildman–Crippen MR) is 96.7 cm³/mol. The molecule has 2 aromatic heterocycles. The first-order chi connectivity index (χ1) is 12.1. The Hall–Kier alpha value is -2.34. The molecule has 1 aromatic carbocycles. The average molecular weight is 340 g/mol. The van der Waals surface area contributed by atoms with Crippen molar-refractivity contribution in [1.29, 1.82) is 0 Å². The van der Waals surface area contributed by atoms with Crippen molar-refractivity contribution in [2.24, 2.45) is 0 Å². The summed E-state index contributed by atoms with van der Waals surface area (Å²) < 4.78 is 7.45. The van der Waals surface area contributed by atoms with Crippen LogP contribution in [0.15, 0.2) is 39.7 Å². The molecule has 0 aliphatic carbocycles. The van der Waals surface area contributed by atoms with Gasteiger partial charge in [0.15, 0.2) is 5.89 Å². The number of piperidine rings is 1. The number of para-hydroxylation sites is 2. The number of hydrogen-bond donors (Lipinski definition) is 1. The molecule has 0 radical (unpaired) electrons. The third kappa shape index (κ3) is 3.14. The van der Waals surface area contributed by atoms with E-state index in [4.69, 9.17) is 4.42 Å². The minimum Gasteiger partial charge on any atom is -0.448 e. The molecule has 25 heavy (non-hydrogen) atoms. The first-order valence-electron chi connectivity index (χ1n) is 8.97. The number of H-pyrrole nitrogens is 1. The molecule has 0 unspecified atom stereocenters. The molecule has 1 saturated heterocycles. The standard InChI is InChI=1S/C19H24N4O2/c1-13(2)18-20-14(12-25-18)11-22-9-7-15(8-10-22)23-17-6-4-3-5-16(17)21-19(23)24/h3-6,12-13,15H,7-11H2,1-2H3,(H,21,24). The number of aromatic amines is 1. The molecule has 1 aliphatic rings. The molecule has 0 spiro atoms. The Morgan fingerprint density at radius 2 is 2.04 bits per heavy atom. The lowest BCUT2D eigenvalue weighted by atomic mass is 10.0. The van der Waals surface area contributed by atoms with Crippen molar-refractivity contribution < 1.29 is 4.42 Å². The van der Waals surface area contributed by atoms with E-state index >= 15 is 0 Å². The number of benzene rings is 1. The molecule has 0 saturated carbocycles. The summed E-state index contributed by atoms with van der Waals surface area (Å²) in [6.45, 7) is 6.90. The maximum absolute atomic E-state index is 12.3. The van der Waals surface area contributed by atoms with E-state index in [9.17, 15) is 4.79 Å². The van der Waals surface area contributed by atoms with Gasteiger partial charge in [-0.3, -0.25) is 9.47 Å². The quantitative estimate of drug-likeness (QED) is 0.791. The second-order valence-electron chi connectivity index (χ2n) is 7.16. The van der Waals surface area contributed by atoms with Crippen LogP contribution in [0.4, 0.5) is 0 Å². The van der Waals surface area contributed by atoms with E-state index in [1.54, 1.807) is 6.26 Å². The molecule has 4 rings (SSSR count). The maximum Gasteiger partial charge on any atom is 0.326 e. The van der Waals surface area contributed by atoms with Gasteiger partial charge in [-0.25, -0.2) is 9.78 Å². The molecule has 6 nitrogen and oxygen atoms in total. The molecule has 1 N–H and O–H groups in total. The second kappa shape index (κ2) is 6.52. The molecule has 1 aliphatic heterocycles. The van der Waals surface area contributed by atoms with Gasteiger partial charge in [-0.2, -0.15) is 0 Å². The van der Waals surface area contributed by atoms with Gasteiger partial charge in [-0.1, -0.05) is 26.0 Å². The highest BCUT2D eigenvalue weighted by Gasteiger charge is 2.24. The van der Waals surface area contributed by atoms with Crippen LogP contribution in [0.2, 0.25) is 0 Å². The van der Waals surface area contributed by atoms with Crippen LogP contribution in [-0.4, -0.2) is 32.5 Å². The molecular weight excluding hydrogens is 316 g/mol. The summed E-state index contributed by atoms with van der Waals surface area (Å²) >= 11 is 0. The van der Waals surface area contributed by atoms with E-state index in [0.29, 0.717) is 5.92 Å². The molecule has 0 atom stereocenters. The third-order valence-corrected chi connectivity index (χ3v) is 5.00. The molecule has 0 amide bonds. The number of nitrogens with zero attached hydrogens (tertiary/aromatic N) is 3. The summed E-state index contributed by atoms with van der Waals surface area (Å²) in [5, 5.41) is 0. The number of imidazole rings is 1. The average Bonchev–Trinajstić information content (AvgIpc) is 3.19. The maximum atomic E-state index is 12.3. The Kier molecular flexibility index (Phi) is 4.21. The van der Waals surface area contributed by atoms with E-state index in [-0.39, 0.29) is 11.7 Å². The summed E-state index contributed by atoms with van der Waals surface area (Å²) in [5.41, 5.74) is 2.91. The van der Waals surface area contributed by atoms with Crippen LogP contribution >= 0.6 is 0 Å². The van der Waals surface area contributed by atoms with E-state index in [0.717, 1.165) is 55.1 Å². The molecule has 6 heteroatoms. The summed E-state index contributed by atoms with van der Waals surface area (Å²) in [5.74, 6) is 1.11. The molecular formula is C19H24N4O2. The minimum atomic E-state index is -0.00211. The van der Waals surface area contributed by atoms with E-state index in [1.165, 1.54) is 0 Å². The highest BCUT2D eigenvalue weighted by atomic mass is 16.3. The van der Waals surface area contributed by atoms with Crippen LogP contribution in [0, 0.1) is 0 Å². The van der Waals surface area contributed by atoms with Crippen molar-refractivity contribution in [1.82, 2.24) is 19.4 Å². The van der Waals surface area contributed by atoms with Gasteiger partial charge < -0.3 is 9.40 Å². The zero-order valence-electron chi connectivity index (χ0n) is 14.7. The Bertz CT molecular complexity index is 913. The Labute approximate surface area is 146 Å². The smallest absolute Gasteiger partial charge is 0.326 e. The van der Waals surface area contributed by atoms with Gasteiger partial charge >= 0.3 is 5.69 Å². The van der Waals surface area contributed by atoms with Crippen LogP contribution in [0.1, 0.15) is 50.2 Å². The fraction of sp³-hybridized carbons (Fsp3) is 0.474. The molecule has 1 fully saturated rings. The van der Waals surface area contributed by atoms with Crippen LogP contribution in [-0.2, 0) is 6.54 Å². The summed E-state index contributed by atoms with van der Waals surface area (Å²) in [6.07, 6.45) is 3.71. The predicted octanol–water partition coefficient (Wildman–Crippen LogP) is 3.28. The summed E-state index contributed by atoms with van der Waals surface area (Å²) in [4.78, 5) is 22.3. The van der Waals surface area contributed by atoms with Crippen LogP contribution in [0.3, 0.4) is 0 Å². The zero-order valence-corrected chi connectivity index (χ0v) is 14.7. The fourth-order valence-electron chi connectivity index (χ4n) is 3.66. The SMILES string of the molecule is CC(C)c1nc(CN2CCC(n3c(=O)[nH]c4ccccc43)CC2)co1. The number of likely N-dealkylation sites (tertiary alicyclic amines) is 1. The van der Waals surface area contributed by atoms with Gasteiger partial charge in [-0.05, 0) is 25.0 Å². The van der Waals surface area contributed by atoms with Crippen molar-refractivity contribution in [3.8, 4) is 0 Å². The number of oxazole rings is 1. The molecule has 3 heterocycles. The van der Waals surface area contributed by atoms with Gasteiger partial charge in [0.05, 0.1) is 16.7 Å². The zero-order chi connectivity index (χ0) is 17.4. The normalized spacial score (nSPS) is 16.9. The molecule has 132 valence electrons. The monoisotopic (exact) mass is 340 g/mol. The van der Waals surface area contributed by atoms with Crippen LogP contribution in [0.25, 0.3) is 11.0 Å². The lowest BCUT2D eigenvalue weighted by Crippen LogP contribution is -2.36. The van der Waals surface area contributed by atoms with Gasteiger partial charge in [-0.15, -0.1) is 0 Å². The first kappa shape index (κ1) is 16.1. The summed E-state index contributed by atoms with van der Waals surface area (Å²) in [6, 6.07) is 8.16. The number of fused-ring (bicyclic) bond motifs is 1. The largest absolute Gasteiger partial charge is 0.448 e. The number of hydrogen-bond acceptors (Lipinski definition) is 4. The Morgan fingerprint density at radius 3 is 2.76 bits per heavy atom. The topological polar surface area (TPSA) is 67.1 Å². The van der Waals surface area contributed by atoms with Crippen LogP contribution < -0.4 is 5.69 Å². The van der Waals surface area contributed by atoms with E-state index in [1.807, 2.05) is 28.8 Å². The number of nitrogens with one attached hydrogen (secondary N) is 1. The molecule has 3 aromatic rings. The fourth-order valence-corrected chi connectivity index (χ4v) is 3.66. The van der Waals surface area contributed by atoms with Crippen molar-refractivity contribution in [2.75, 3.05) is 13.1 Å². The lowest BCUT2D eigenvalue weighted by Gasteiger charge is -2.31. The van der Waals surface area contributed by atoms with Crippen LogP contribution in [0.5, 0.6) is 0 Å². The highest BCUT2D eigenvalue weighted by Crippen LogP contribution is 2.25. The third-order valence-electron chi connectivity index (χ3n) is 5.00. The van der Waals surface area contributed by atoms with Gasteiger partial charge in [0, 0.05) is 31.6 Å².